The average Bonchev–Trinajstić information content (AvgIpc) is 2.12. The molecular weight excluding hydrogens is 194 g/mol. The Hall–Kier alpha value is -1.18. The van der Waals surface area contributed by atoms with E-state index in [1.807, 2.05) is 6.92 Å². The van der Waals surface area contributed by atoms with Crippen molar-refractivity contribution in [3.05, 3.63) is 41.0 Å². The van der Waals surface area contributed by atoms with Crippen LogP contribution in [-0.2, 0) is 0 Å². The van der Waals surface area contributed by atoms with Crippen molar-refractivity contribution in [1.29, 1.82) is 0 Å². The van der Waals surface area contributed by atoms with Gasteiger partial charge in [-0.3, -0.25) is 0 Å². The molecule has 2 heteroatoms. The van der Waals surface area contributed by atoms with Crippen LogP contribution < -0.4 is 0 Å². The topological polar surface area (TPSA) is 0 Å². The molecule has 1 aliphatic carbocycles. The van der Waals surface area contributed by atoms with Crippen LogP contribution in [0.4, 0.5) is 8.78 Å². The van der Waals surface area contributed by atoms with Crippen LogP contribution in [0.15, 0.2) is 23.8 Å². The summed E-state index contributed by atoms with van der Waals surface area (Å²) in [6.07, 6.45) is 3.84. The monoisotopic (exact) mass is 208 g/mol. The number of benzene rings is 1. The third kappa shape index (κ3) is 1.81. The summed E-state index contributed by atoms with van der Waals surface area (Å²) in [6, 6.07) is 4.06. The molecule has 1 aliphatic rings. The summed E-state index contributed by atoms with van der Waals surface area (Å²) in [4.78, 5) is 0. The molecule has 0 saturated heterocycles. The van der Waals surface area contributed by atoms with Crippen LogP contribution in [0.5, 0.6) is 0 Å². The molecule has 0 unspecified atom stereocenters. The summed E-state index contributed by atoms with van der Waals surface area (Å²) in [5.74, 6) is -0.877. The highest BCUT2D eigenvalue weighted by Crippen LogP contribution is 2.36. The van der Waals surface area contributed by atoms with E-state index in [1.165, 1.54) is 23.8 Å². The summed E-state index contributed by atoms with van der Waals surface area (Å²) in [7, 11) is 0. The highest BCUT2D eigenvalue weighted by molar-refractivity contribution is 5.70. The van der Waals surface area contributed by atoms with Gasteiger partial charge in [-0.05, 0) is 43.4 Å². The Labute approximate surface area is 88.6 Å². The molecule has 0 heterocycles. The Morgan fingerprint density at radius 1 is 1.20 bits per heavy atom. The third-order valence-electron chi connectivity index (χ3n) is 3.00. The minimum atomic E-state index is -0.439. The number of halogens is 2. The fourth-order valence-corrected chi connectivity index (χ4v) is 2.04. The molecule has 2 rings (SSSR count). The molecule has 0 aromatic heterocycles. The second-order valence-corrected chi connectivity index (χ2v) is 3.89. The van der Waals surface area contributed by atoms with E-state index in [4.69, 9.17) is 0 Å². The van der Waals surface area contributed by atoms with E-state index in [0.29, 0.717) is 6.42 Å². The van der Waals surface area contributed by atoms with E-state index < -0.39 is 11.6 Å². The number of hydrogen-bond donors (Lipinski definition) is 0. The van der Waals surface area contributed by atoms with E-state index in [9.17, 15) is 8.78 Å². The lowest BCUT2D eigenvalue weighted by Gasteiger charge is -2.22. The first kappa shape index (κ1) is 10.3. The fourth-order valence-electron chi connectivity index (χ4n) is 2.04. The second-order valence-electron chi connectivity index (χ2n) is 3.89. The lowest BCUT2D eigenvalue weighted by Crippen LogP contribution is -2.04. The van der Waals surface area contributed by atoms with E-state index in [0.717, 1.165) is 24.8 Å². The van der Waals surface area contributed by atoms with Crippen molar-refractivity contribution in [3.63, 3.8) is 0 Å². The van der Waals surface area contributed by atoms with Gasteiger partial charge in [-0.25, -0.2) is 8.78 Å². The summed E-state index contributed by atoms with van der Waals surface area (Å²) in [6.45, 7) is 1.95. The fraction of sp³-hybridized carbons (Fsp3) is 0.385. The molecule has 0 radical (unpaired) electrons. The molecule has 0 aliphatic heterocycles. The van der Waals surface area contributed by atoms with Crippen LogP contribution in [0.25, 0.3) is 5.57 Å². The second kappa shape index (κ2) is 4.13. The normalized spacial score (nSPS) is 15.0. The van der Waals surface area contributed by atoms with Crippen LogP contribution in [0.2, 0.25) is 0 Å². The molecule has 0 bridgehead atoms. The molecular formula is C13H14F2. The third-order valence-corrected chi connectivity index (χ3v) is 3.00. The zero-order valence-electron chi connectivity index (χ0n) is 8.82. The minimum Gasteiger partial charge on any atom is -0.206 e. The Morgan fingerprint density at radius 3 is 2.20 bits per heavy atom. The Bertz CT molecular complexity index is 379. The maximum Gasteiger partial charge on any atom is 0.133 e. The molecule has 1 saturated carbocycles. The molecule has 0 atom stereocenters. The van der Waals surface area contributed by atoms with Gasteiger partial charge in [-0.15, -0.1) is 0 Å². The van der Waals surface area contributed by atoms with E-state index in [-0.39, 0.29) is 5.56 Å². The molecule has 15 heavy (non-hydrogen) atoms. The zero-order chi connectivity index (χ0) is 10.8. The van der Waals surface area contributed by atoms with Crippen molar-refractivity contribution in [2.45, 2.75) is 32.6 Å². The summed E-state index contributed by atoms with van der Waals surface area (Å²) in [5, 5.41) is 0. The number of hydrogen-bond acceptors (Lipinski definition) is 0. The number of allylic oxidation sites excluding steroid dienone is 2. The van der Waals surface area contributed by atoms with Gasteiger partial charge in [-0.1, -0.05) is 18.6 Å². The van der Waals surface area contributed by atoms with Crippen LogP contribution >= 0.6 is 0 Å². The van der Waals surface area contributed by atoms with E-state index >= 15 is 0 Å². The SMILES string of the molecule is CCC(=C1CCC1)c1c(F)cccc1F. The summed E-state index contributed by atoms with van der Waals surface area (Å²) >= 11 is 0. The lowest BCUT2D eigenvalue weighted by atomic mass is 9.84. The van der Waals surface area contributed by atoms with Crippen molar-refractivity contribution in [2.24, 2.45) is 0 Å². The van der Waals surface area contributed by atoms with Gasteiger partial charge in [-0.2, -0.15) is 0 Å². The van der Waals surface area contributed by atoms with Gasteiger partial charge in [0.25, 0.3) is 0 Å². The Kier molecular flexibility index (Phi) is 2.85. The summed E-state index contributed by atoms with van der Waals surface area (Å²) in [5.41, 5.74) is 2.29. The first-order valence-corrected chi connectivity index (χ1v) is 5.39. The van der Waals surface area contributed by atoms with Crippen molar-refractivity contribution < 1.29 is 8.78 Å². The number of rotatable bonds is 2. The Morgan fingerprint density at radius 2 is 1.80 bits per heavy atom. The molecule has 1 aromatic rings. The largest absolute Gasteiger partial charge is 0.206 e. The van der Waals surface area contributed by atoms with Crippen molar-refractivity contribution in [2.75, 3.05) is 0 Å². The van der Waals surface area contributed by atoms with Gasteiger partial charge < -0.3 is 0 Å². The standard InChI is InChI=1S/C13H14F2/c1-2-10(9-5-3-6-9)13-11(14)7-4-8-12(13)15/h4,7-8H,2-3,5-6H2,1H3. The quantitative estimate of drug-likeness (QED) is 0.679. The molecule has 1 aromatic carbocycles. The van der Waals surface area contributed by atoms with Crippen molar-refractivity contribution in [1.82, 2.24) is 0 Å². The van der Waals surface area contributed by atoms with Gasteiger partial charge >= 0.3 is 0 Å². The van der Waals surface area contributed by atoms with Gasteiger partial charge in [0.05, 0.1) is 0 Å². The van der Waals surface area contributed by atoms with Crippen molar-refractivity contribution in [3.8, 4) is 0 Å². The van der Waals surface area contributed by atoms with Gasteiger partial charge in [0.2, 0.25) is 0 Å². The van der Waals surface area contributed by atoms with Gasteiger partial charge in [0, 0.05) is 5.56 Å². The van der Waals surface area contributed by atoms with E-state index in [1.54, 1.807) is 0 Å². The molecule has 0 amide bonds. The van der Waals surface area contributed by atoms with Crippen molar-refractivity contribution >= 4 is 5.57 Å². The van der Waals surface area contributed by atoms with E-state index in [2.05, 4.69) is 0 Å². The maximum atomic E-state index is 13.5. The highest BCUT2D eigenvalue weighted by atomic mass is 19.1. The lowest BCUT2D eigenvalue weighted by molar-refractivity contribution is 0.572. The van der Waals surface area contributed by atoms with Crippen LogP contribution in [0.3, 0.4) is 0 Å². The van der Waals surface area contributed by atoms with Crippen LogP contribution in [0.1, 0.15) is 38.2 Å². The highest BCUT2D eigenvalue weighted by Gasteiger charge is 2.19. The average molecular weight is 208 g/mol. The molecule has 1 fully saturated rings. The zero-order valence-corrected chi connectivity index (χ0v) is 8.82. The molecule has 80 valence electrons. The van der Waals surface area contributed by atoms with Gasteiger partial charge in [0.15, 0.2) is 0 Å². The predicted molar refractivity (Wildman–Crippen MR) is 57.4 cm³/mol. The smallest absolute Gasteiger partial charge is 0.133 e. The first-order chi connectivity index (χ1) is 7.24. The summed E-state index contributed by atoms with van der Waals surface area (Å²) < 4.78 is 27.1. The first-order valence-electron chi connectivity index (χ1n) is 5.39. The van der Waals surface area contributed by atoms with Gasteiger partial charge in [0.1, 0.15) is 11.6 Å². The molecule has 0 N–H and O–H groups in total. The minimum absolute atomic E-state index is 0.190. The van der Waals surface area contributed by atoms with Crippen LogP contribution in [0, 0.1) is 11.6 Å². The van der Waals surface area contributed by atoms with Crippen LogP contribution in [-0.4, -0.2) is 0 Å². The molecule has 0 spiro atoms. The Balaban J connectivity index is 2.51. The maximum absolute atomic E-state index is 13.5. The molecule has 0 nitrogen and oxygen atoms in total. The predicted octanol–water partition coefficient (Wildman–Crippen LogP) is 4.31.